The predicted octanol–water partition coefficient (Wildman–Crippen LogP) is 3.74. The van der Waals surface area contributed by atoms with Crippen LogP contribution in [0.2, 0.25) is 0 Å². The molecule has 0 N–H and O–H groups in total. The second-order valence-corrected chi connectivity index (χ2v) is 5.02. The lowest BCUT2D eigenvalue weighted by atomic mass is 10.3. The molecular formula is C15H20ClFN2O2. The third-order valence-electron chi connectivity index (χ3n) is 3.32. The maximum absolute atomic E-state index is 13.7. The van der Waals surface area contributed by atoms with Gasteiger partial charge in [-0.2, -0.15) is 0 Å². The summed E-state index contributed by atoms with van der Waals surface area (Å²) in [7, 11) is 1.45. The van der Waals surface area contributed by atoms with E-state index in [1.54, 1.807) is 6.07 Å². The largest absolute Gasteiger partial charge is 0.494 e. The van der Waals surface area contributed by atoms with Crippen molar-refractivity contribution in [1.82, 2.24) is 9.55 Å². The molecule has 1 aromatic heterocycles. The number of nitrogens with zero attached hydrogens (tertiary/aromatic N) is 2. The van der Waals surface area contributed by atoms with Gasteiger partial charge in [-0.1, -0.05) is 13.3 Å². The quantitative estimate of drug-likeness (QED) is 0.550. The zero-order valence-corrected chi connectivity index (χ0v) is 13.1. The first-order valence-electron chi connectivity index (χ1n) is 7.07. The molecule has 0 fully saturated rings. The highest BCUT2D eigenvalue weighted by Crippen LogP contribution is 2.26. The Bertz CT molecular complexity index is 601. The Morgan fingerprint density at radius 1 is 1.33 bits per heavy atom. The lowest BCUT2D eigenvalue weighted by molar-refractivity contribution is 0.124. The van der Waals surface area contributed by atoms with Crippen LogP contribution in [0.4, 0.5) is 4.39 Å². The molecule has 116 valence electrons. The third kappa shape index (κ3) is 3.66. The molecule has 0 atom stereocenters. The lowest BCUT2D eigenvalue weighted by Crippen LogP contribution is -2.09. The van der Waals surface area contributed by atoms with Gasteiger partial charge in [-0.05, 0) is 6.42 Å². The Labute approximate surface area is 128 Å². The van der Waals surface area contributed by atoms with Crippen LogP contribution >= 0.6 is 11.6 Å². The van der Waals surface area contributed by atoms with Crippen molar-refractivity contribution < 1.29 is 13.9 Å². The Hall–Kier alpha value is -1.33. The topological polar surface area (TPSA) is 36.3 Å². The van der Waals surface area contributed by atoms with E-state index in [1.807, 2.05) is 4.57 Å². The van der Waals surface area contributed by atoms with Gasteiger partial charge in [0.25, 0.3) is 0 Å². The summed E-state index contributed by atoms with van der Waals surface area (Å²) in [5, 5.41) is 0. The summed E-state index contributed by atoms with van der Waals surface area (Å²) in [5.74, 6) is 0.762. The predicted molar refractivity (Wildman–Crippen MR) is 81.5 cm³/mol. The third-order valence-corrected chi connectivity index (χ3v) is 3.56. The highest BCUT2D eigenvalue weighted by molar-refractivity contribution is 6.16. The van der Waals surface area contributed by atoms with Gasteiger partial charge >= 0.3 is 0 Å². The minimum absolute atomic E-state index is 0.205. The molecular weight excluding hydrogens is 295 g/mol. The summed E-state index contributed by atoms with van der Waals surface area (Å²) in [6, 6.07) is 3.03. The second kappa shape index (κ2) is 7.61. The van der Waals surface area contributed by atoms with Crippen molar-refractivity contribution in [3.05, 3.63) is 23.8 Å². The summed E-state index contributed by atoms with van der Waals surface area (Å²) in [4.78, 5) is 4.36. The highest BCUT2D eigenvalue weighted by Gasteiger charge is 2.14. The molecule has 1 heterocycles. The van der Waals surface area contributed by atoms with E-state index < -0.39 is 5.82 Å². The molecule has 4 nitrogen and oxygen atoms in total. The lowest BCUT2D eigenvalue weighted by Gasteiger charge is -2.09. The SMILES string of the molecule is CCCCOCCn1c(CCl)nc2cc(F)c(OC)cc21. The van der Waals surface area contributed by atoms with Gasteiger partial charge in [-0.25, -0.2) is 9.37 Å². The van der Waals surface area contributed by atoms with Gasteiger partial charge in [0, 0.05) is 25.3 Å². The molecule has 0 bridgehead atoms. The van der Waals surface area contributed by atoms with E-state index >= 15 is 0 Å². The number of alkyl halides is 1. The monoisotopic (exact) mass is 314 g/mol. The molecule has 0 saturated carbocycles. The number of hydrogen-bond donors (Lipinski definition) is 0. The maximum atomic E-state index is 13.7. The molecule has 0 radical (unpaired) electrons. The van der Waals surface area contributed by atoms with Crippen molar-refractivity contribution in [2.24, 2.45) is 0 Å². The van der Waals surface area contributed by atoms with E-state index in [0.717, 1.165) is 25.0 Å². The Balaban J connectivity index is 2.23. The molecule has 2 rings (SSSR count). The first-order valence-corrected chi connectivity index (χ1v) is 7.61. The molecule has 6 heteroatoms. The van der Waals surface area contributed by atoms with Crippen LogP contribution in [0.3, 0.4) is 0 Å². The van der Waals surface area contributed by atoms with Gasteiger partial charge in [0.05, 0.1) is 30.6 Å². The average molecular weight is 315 g/mol. The Morgan fingerprint density at radius 2 is 2.14 bits per heavy atom. The van der Waals surface area contributed by atoms with Crippen molar-refractivity contribution in [1.29, 1.82) is 0 Å². The average Bonchev–Trinajstić information content (AvgIpc) is 2.83. The van der Waals surface area contributed by atoms with Crippen LogP contribution < -0.4 is 4.74 Å². The van der Waals surface area contributed by atoms with Crippen LogP contribution in [0.5, 0.6) is 5.75 Å². The maximum Gasteiger partial charge on any atom is 0.167 e. The number of rotatable bonds is 8. The zero-order valence-electron chi connectivity index (χ0n) is 12.4. The first-order chi connectivity index (χ1) is 10.2. The van der Waals surface area contributed by atoms with Crippen LogP contribution in [0, 0.1) is 5.82 Å². The summed E-state index contributed by atoms with van der Waals surface area (Å²) in [6.45, 7) is 4.09. The van der Waals surface area contributed by atoms with E-state index in [-0.39, 0.29) is 11.6 Å². The minimum Gasteiger partial charge on any atom is -0.494 e. The first kappa shape index (κ1) is 16.0. The van der Waals surface area contributed by atoms with Gasteiger partial charge < -0.3 is 14.0 Å². The van der Waals surface area contributed by atoms with E-state index in [1.165, 1.54) is 13.2 Å². The Morgan fingerprint density at radius 3 is 2.81 bits per heavy atom. The molecule has 0 aliphatic heterocycles. The van der Waals surface area contributed by atoms with E-state index in [0.29, 0.717) is 24.5 Å². The number of hydrogen-bond acceptors (Lipinski definition) is 3. The Kier molecular flexibility index (Phi) is 5.82. The molecule has 0 aliphatic rings. The molecule has 0 amide bonds. The van der Waals surface area contributed by atoms with Gasteiger partial charge in [0.1, 0.15) is 5.82 Å². The molecule has 0 saturated heterocycles. The van der Waals surface area contributed by atoms with Crippen LogP contribution in [-0.2, 0) is 17.2 Å². The zero-order chi connectivity index (χ0) is 15.2. The number of halogens is 2. The number of benzene rings is 1. The highest BCUT2D eigenvalue weighted by atomic mass is 35.5. The molecule has 2 aromatic rings. The molecule has 1 aromatic carbocycles. The van der Waals surface area contributed by atoms with Crippen LogP contribution in [-0.4, -0.2) is 29.9 Å². The normalized spacial score (nSPS) is 11.2. The van der Waals surface area contributed by atoms with Gasteiger partial charge in [-0.15, -0.1) is 11.6 Å². The van der Waals surface area contributed by atoms with Crippen molar-refractivity contribution >= 4 is 22.6 Å². The van der Waals surface area contributed by atoms with Crippen LogP contribution in [0.1, 0.15) is 25.6 Å². The summed E-state index contributed by atoms with van der Waals surface area (Å²) in [6.07, 6.45) is 2.16. The van der Waals surface area contributed by atoms with Crippen LogP contribution in [0.15, 0.2) is 12.1 Å². The number of methoxy groups -OCH3 is 1. The minimum atomic E-state index is -0.421. The number of aromatic nitrogens is 2. The number of imidazole rings is 1. The van der Waals surface area contributed by atoms with Crippen molar-refractivity contribution in [2.45, 2.75) is 32.2 Å². The molecule has 0 aliphatic carbocycles. The van der Waals surface area contributed by atoms with E-state index in [9.17, 15) is 4.39 Å². The number of ether oxygens (including phenoxy) is 2. The number of fused-ring (bicyclic) bond motifs is 1. The van der Waals surface area contributed by atoms with Crippen molar-refractivity contribution in [2.75, 3.05) is 20.3 Å². The fraction of sp³-hybridized carbons (Fsp3) is 0.533. The smallest absolute Gasteiger partial charge is 0.167 e. The second-order valence-electron chi connectivity index (χ2n) is 4.75. The molecule has 0 spiro atoms. The summed E-state index contributed by atoms with van der Waals surface area (Å²) < 4.78 is 26.3. The number of unbranched alkanes of at least 4 members (excludes halogenated alkanes) is 1. The van der Waals surface area contributed by atoms with Gasteiger partial charge in [0.15, 0.2) is 11.6 Å². The molecule has 21 heavy (non-hydrogen) atoms. The summed E-state index contributed by atoms with van der Waals surface area (Å²) >= 11 is 5.93. The van der Waals surface area contributed by atoms with Gasteiger partial charge in [-0.3, -0.25) is 0 Å². The van der Waals surface area contributed by atoms with Crippen molar-refractivity contribution in [3.8, 4) is 5.75 Å². The fourth-order valence-electron chi connectivity index (χ4n) is 2.19. The van der Waals surface area contributed by atoms with Crippen LogP contribution in [0.25, 0.3) is 11.0 Å². The fourth-order valence-corrected chi connectivity index (χ4v) is 2.39. The van der Waals surface area contributed by atoms with E-state index in [4.69, 9.17) is 21.1 Å². The summed E-state index contributed by atoms with van der Waals surface area (Å²) in [5.41, 5.74) is 1.39. The standard InChI is InChI=1S/C15H20ClFN2O2/c1-3-4-6-21-7-5-19-13-9-14(20-2)11(17)8-12(13)18-15(19)10-16/h8-9H,3-7,10H2,1-2H3. The van der Waals surface area contributed by atoms with Crippen molar-refractivity contribution in [3.63, 3.8) is 0 Å². The molecule has 0 unspecified atom stereocenters. The van der Waals surface area contributed by atoms with E-state index in [2.05, 4.69) is 11.9 Å². The van der Waals surface area contributed by atoms with Gasteiger partial charge in [0.2, 0.25) is 0 Å².